The molecule has 3 unspecified atom stereocenters. The molecule has 4 nitrogen and oxygen atoms in total. The summed E-state index contributed by atoms with van der Waals surface area (Å²) < 4.78 is 0. The second-order valence-corrected chi connectivity index (χ2v) is 4.57. The molecule has 0 amide bonds. The zero-order valence-electron chi connectivity index (χ0n) is 8.93. The van der Waals surface area contributed by atoms with Crippen molar-refractivity contribution in [1.82, 2.24) is 10.2 Å². The number of nitrogens with one attached hydrogen (secondary N) is 1. The highest BCUT2D eigenvalue weighted by Gasteiger charge is 2.30. The number of hydrogen-bond donors (Lipinski definition) is 3. The molecule has 0 radical (unpaired) electrons. The molecule has 90 valence electrons. The molecule has 0 bridgehead atoms. The van der Waals surface area contributed by atoms with Gasteiger partial charge in [0.2, 0.25) is 0 Å². The lowest BCUT2D eigenvalue weighted by Crippen LogP contribution is -2.37. The third-order valence-corrected chi connectivity index (χ3v) is 3.25. The number of piperidine rings is 1. The molecule has 2 aliphatic rings. The standard InChI is InChI=1S/C10H20N2O2.ClH/c13-9-6-12(7-10(9)14)5-8-2-1-3-11-4-8;/h8-11,13-14H,1-7H2;1H. The van der Waals surface area contributed by atoms with Crippen molar-refractivity contribution in [1.29, 1.82) is 0 Å². The van der Waals surface area contributed by atoms with E-state index in [4.69, 9.17) is 0 Å². The van der Waals surface area contributed by atoms with Gasteiger partial charge in [-0.15, -0.1) is 12.4 Å². The van der Waals surface area contributed by atoms with Gasteiger partial charge in [0.05, 0.1) is 12.2 Å². The summed E-state index contributed by atoms with van der Waals surface area (Å²) in [6.07, 6.45) is 1.46. The van der Waals surface area contributed by atoms with Crippen molar-refractivity contribution in [3.8, 4) is 0 Å². The van der Waals surface area contributed by atoms with Crippen LogP contribution in [0.25, 0.3) is 0 Å². The van der Waals surface area contributed by atoms with E-state index in [1.807, 2.05) is 0 Å². The van der Waals surface area contributed by atoms with E-state index >= 15 is 0 Å². The molecule has 0 spiro atoms. The normalized spacial score (nSPS) is 37.6. The fourth-order valence-corrected chi connectivity index (χ4v) is 2.44. The molecule has 2 aliphatic heterocycles. The number of β-amino-alcohol motifs (C(OH)–C–C–N with tert-alkyl or cyclic N) is 2. The third-order valence-electron chi connectivity index (χ3n) is 3.25. The number of hydrogen-bond acceptors (Lipinski definition) is 4. The van der Waals surface area contributed by atoms with Crippen LogP contribution in [0, 0.1) is 5.92 Å². The van der Waals surface area contributed by atoms with Gasteiger partial charge in [-0.3, -0.25) is 4.90 Å². The van der Waals surface area contributed by atoms with E-state index in [0.29, 0.717) is 19.0 Å². The highest BCUT2D eigenvalue weighted by molar-refractivity contribution is 5.85. The van der Waals surface area contributed by atoms with Crippen LogP contribution in [0.3, 0.4) is 0 Å². The Morgan fingerprint density at radius 1 is 1.20 bits per heavy atom. The highest BCUT2D eigenvalue weighted by atomic mass is 35.5. The fraction of sp³-hybridized carbons (Fsp3) is 1.00. The Bertz CT molecular complexity index is 178. The Labute approximate surface area is 97.1 Å². The van der Waals surface area contributed by atoms with Crippen LogP contribution in [0.4, 0.5) is 0 Å². The molecule has 15 heavy (non-hydrogen) atoms. The van der Waals surface area contributed by atoms with Crippen molar-refractivity contribution in [2.24, 2.45) is 5.92 Å². The summed E-state index contributed by atoms with van der Waals surface area (Å²) in [5.74, 6) is 0.696. The van der Waals surface area contributed by atoms with Gasteiger partial charge in [-0.1, -0.05) is 0 Å². The van der Waals surface area contributed by atoms with Crippen LogP contribution >= 0.6 is 12.4 Å². The maximum atomic E-state index is 9.39. The Hall–Kier alpha value is 0.130. The van der Waals surface area contributed by atoms with E-state index in [2.05, 4.69) is 10.2 Å². The quantitative estimate of drug-likeness (QED) is 0.602. The van der Waals surface area contributed by atoms with Gasteiger partial charge in [-0.2, -0.15) is 0 Å². The van der Waals surface area contributed by atoms with E-state index in [9.17, 15) is 10.2 Å². The summed E-state index contributed by atoms with van der Waals surface area (Å²) in [5, 5.41) is 22.2. The van der Waals surface area contributed by atoms with Crippen molar-refractivity contribution in [2.45, 2.75) is 25.0 Å². The summed E-state index contributed by atoms with van der Waals surface area (Å²) in [5.41, 5.74) is 0. The lowest BCUT2D eigenvalue weighted by molar-refractivity contribution is 0.0572. The van der Waals surface area contributed by atoms with Gasteiger partial charge in [0.1, 0.15) is 0 Å². The average molecular weight is 237 g/mol. The zero-order chi connectivity index (χ0) is 9.97. The van der Waals surface area contributed by atoms with Gasteiger partial charge in [-0.05, 0) is 31.8 Å². The summed E-state index contributed by atoms with van der Waals surface area (Å²) in [4.78, 5) is 2.17. The van der Waals surface area contributed by atoms with Gasteiger partial charge in [0, 0.05) is 19.6 Å². The molecule has 0 aromatic heterocycles. The van der Waals surface area contributed by atoms with Crippen molar-refractivity contribution in [2.75, 3.05) is 32.7 Å². The van der Waals surface area contributed by atoms with E-state index in [1.165, 1.54) is 12.8 Å². The molecule has 0 aliphatic carbocycles. The van der Waals surface area contributed by atoms with E-state index < -0.39 is 12.2 Å². The number of likely N-dealkylation sites (tertiary alicyclic amines) is 1. The Morgan fingerprint density at radius 2 is 1.87 bits per heavy atom. The number of aliphatic hydroxyl groups excluding tert-OH is 2. The predicted octanol–water partition coefficient (Wildman–Crippen LogP) is -0.555. The van der Waals surface area contributed by atoms with Crippen molar-refractivity contribution in [3.63, 3.8) is 0 Å². The summed E-state index contributed by atoms with van der Waals surface area (Å²) in [6.45, 7) is 4.51. The molecular formula is C10H21ClN2O2. The Kier molecular flexibility index (Phi) is 5.29. The summed E-state index contributed by atoms with van der Waals surface area (Å²) >= 11 is 0. The summed E-state index contributed by atoms with van der Waals surface area (Å²) in [6, 6.07) is 0. The van der Waals surface area contributed by atoms with Crippen LogP contribution in [0.5, 0.6) is 0 Å². The second-order valence-electron chi connectivity index (χ2n) is 4.57. The van der Waals surface area contributed by atoms with Crippen LogP contribution in [-0.2, 0) is 0 Å². The lowest BCUT2D eigenvalue weighted by atomic mass is 9.99. The van der Waals surface area contributed by atoms with Crippen LogP contribution in [-0.4, -0.2) is 60.0 Å². The van der Waals surface area contributed by atoms with Gasteiger partial charge in [0.25, 0.3) is 0 Å². The number of aliphatic hydroxyl groups is 2. The molecule has 0 aromatic carbocycles. The largest absolute Gasteiger partial charge is 0.389 e. The van der Waals surface area contributed by atoms with Crippen LogP contribution in [0.15, 0.2) is 0 Å². The van der Waals surface area contributed by atoms with Gasteiger partial charge in [0.15, 0.2) is 0 Å². The maximum absolute atomic E-state index is 9.39. The van der Waals surface area contributed by atoms with Gasteiger partial charge in [-0.25, -0.2) is 0 Å². The molecule has 2 heterocycles. The van der Waals surface area contributed by atoms with Crippen molar-refractivity contribution < 1.29 is 10.2 Å². The van der Waals surface area contributed by atoms with Crippen molar-refractivity contribution in [3.05, 3.63) is 0 Å². The molecular weight excluding hydrogens is 216 g/mol. The van der Waals surface area contributed by atoms with E-state index in [0.717, 1.165) is 19.6 Å². The molecule has 2 saturated heterocycles. The maximum Gasteiger partial charge on any atom is 0.0938 e. The predicted molar refractivity (Wildman–Crippen MR) is 61.3 cm³/mol. The molecule has 0 aromatic rings. The third kappa shape index (κ3) is 3.57. The molecule has 0 saturated carbocycles. The molecule has 5 heteroatoms. The number of nitrogens with zero attached hydrogens (tertiary/aromatic N) is 1. The number of halogens is 1. The zero-order valence-corrected chi connectivity index (χ0v) is 9.75. The highest BCUT2D eigenvalue weighted by Crippen LogP contribution is 2.16. The summed E-state index contributed by atoms with van der Waals surface area (Å²) in [7, 11) is 0. The smallest absolute Gasteiger partial charge is 0.0938 e. The van der Waals surface area contributed by atoms with Crippen LogP contribution < -0.4 is 5.32 Å². The van der Waals surface area contributed by atoms with Crippen molar-refractivity contribution >= 4 is 12.4 Å². The molecule has 3 N–H and O–H groups in total. The van der Waals surface area contributed by atoms with Gasteiger partial charge >= 0.3 is 0 Å². The second kappa shape index (κ2) is 6.01. The van der Waals surface area contributed by atoms with E-state index in [1.54, 1.807) is 0 Å². The fourth-order valence-electron chi connectivity index (χ4n) is 2.44. The lowest BCUT2D eigenvalue weighted by Gasteiger charge is -2.27. The first-order valence-electron chi connectivity index (χ1n) is 5.55. The minimum atomic E-state index is -0.536. The first-order chi connectivity index (χ1) is 6.75. The Balaban J connectivity index is 0.00000112. The molecule has 3 atom stereocenters. The SMILES string of the molecule is Cl.OC1CN(CC2CCCNC2)CC1O. The van der Waals surface area contributed by atoms with E-state index in [-0.39, 0.29) is 12.4 Å². The first kappa shape index (κ1) is 13.2. The average Bonchev–Trinajstić information content (AvgIpc) is 2.47. The number of rotatable bonds is 2. The molecule has 2 fully saturated rings. The topological polar surface area (TPSA) is 55.7 Å². The minimum absolute atomic E-state index is 0. The minimum Gasteiger partial charge on any atom is -0.389 e. The van der Waals surface area contributed by atoms with Crippen LogP contribution in [0.1, 0.15) is 12.8 Å². The Morgan fingerprint density at radius 3 is 2.40 bits per heavy atom. The monoisotopic (exact) mass is 236 g/mol. The first-order valence-corrected chi connectivity index (χ1v) is 5.55. The molecule has 2 rings (SSSR count). The van der Waals surface area contributed by atoms with Gasteiger partial charge < -0.3 is 15.5 Å². The van der Waals surface area contributed by atoms with Crippen LogP contribution in [0.2, 0.25) is 0 Å².